The van der Waals surface area contributed by atoms with E-state index in [1.807, 2.05) is 12.4 Å². The third-order valence-corrected chi connectivity index (χ3v) is 5.97. The van der Waals surface area contributed by atoms with Crippen LogP contribution in [-0.2, 0) is 0 Å². The predicted molar refractivity (Wildman–Crippen MR) is 131 cm³/mol. The lowest BCUT2D eigenvalue weighted by Crippen LogP contribution is -2.39. The monoisotopic (exact) mass is 418 g/mol. The van der Waals surface area contributed by atoms with Gasteiger partial charge < -0.3 is 16.1 Å². The molecule has 0 fully saturated rings. The van der Waals surface area contributed by atoms with E-state index in [1.54, 1.807) is 6.08 Å². The number of fused-ring (bicyclic) bond motifs is 2. The van der Waals surface area contributed by atoms with E-state index < -0.39 is 0 Å². The number of anilines is 1. The van der Waals surface area contributed by atoms with Crippen molar-refractivity contribution in [2.45, 2.75) is 65.1 Å². The van der Waals surface area contributed by atoms with Gasteiger partial charge in [-0.3, -0.25) is 4.57 Å². The quantitative estimate of drug-likeness (QED) is 0.627. The fourth-order valence-corrected chi connectivity index (χ4v) is 4.62. The van der Waals surface area contributed by atoms with Gasteiger partial charge in [0.1, 0.15) is 11.6 Å². The second kappa shape index (κ2) is 8.25. The molecule has 1 aromatic heterocycles. The summed E-state index contributed by atoms with van der Waals surface area (Å²) in [4.78, 5) is 4.51. The van der Waals surface area contributed by atoms with Crippen molar-refractivity contribution in [3.8, 4) is 0 Å². The zero-order chi connectivity index (χ0) is 22.2. The van der Waals surface area contributed by atoms with Crippen LogP contribution in [0.25, 0.3) is 12.3 Å². The van der Waals surface area contributed by atoms with Gasteiger partial charge in [-0.1, -0.05) is 26.0 Å². The van der Waals surface area contributed by atoms with Gasteiger partial charge in [-0.05, 0) is 69.1 Å². The van der Waals surface area contributed by atoms with Crippen molar-refractivity contribution in [2.75, 3.05) is 5.32 Å². The maximum atomic E-state index is 4.51. The average molecular weight is 419 g/mol. The molecule has 2 aliphatic heterocycles. The molecule has 31 heavy (non-hydrogen) atoms. The molecule has 3 unspecified atom stereocenters. The van der Waals surface area contributed by atoms with Crippen molar-refractivity contribution in [1.82, 2.24) is 20.3 Å². The minimum atomic E-state index is -0.0585. The molecule has 0 bridgehead atoms. The van der Waals surface area contributed by atoms with Crippen LogP contribution in [-0.4, -0.2) is 33.4 Å². The third-order valence-electron chi connectivity index (χ3n) is 5.97. The molecule has 3 N–H and O–H groups in total. The smallest absolute Gasteiger partial charge is 0.137 e. The van der Waals surface area contributed by atoms with Crippen molar-refractivity contribution >= 4 is 24.3 Å². The van der Waals surface area contributed by atoms with E-state index in [0.29, 0.717) is 5.92 Å². The molecule has 0 radical (unpaired) electrons. The van der Waals surface area contributed by atoms with Crippen LogP contribution in [0.2, 0.25) is 0 Å². The number of nitrogens with one attached hydrogen (secondary N) is 3. The first-order valence-electron chi connectivity index (χ1n) is 11.2. The average Bonchev–Trinajstić information content (AvgIpc) is 3.33. The minimum absolute atomic E-state index is 0.0585. The van der Waals surface area contributed by atoms with Crippen molar-refractivity contribution < 1.29 is 0 Å². The second-order valence-corrected chi connectivity index (χ2v) is 9.46. The van der Waals surface area contributed by atoms with E-state index in [9.17, 15) is 0 Å². The van der Waals surface area contributed by atoms with Gasteiger partial charge in [0.2, 0.25) is 0 Å². The summed E-state index contributed by atoms with van der Waals surface area (Å²) in [7, 11) is 0. The highest BCUT2D eigenvalue weighted by Crippen LogP contribution is 2.38. The summed E-state index contributed by atoms with van der Waals surface area (Å²) >= 11 is 0. The largest absolute Gasteiger partial charge is 0.375 e. The molecule has 3 aliphatic rings. The van der Waals surface area contributed by atoms with Gasteiger partial charge in [-0.15, -0.1) is 0 Å². The van der Waals surface area contributed by atoms with Crippen molar-refractivity contribution in [2.24, 2.45) is 11.0 Å². The Labute approximate surface area is 185 Å². The Kier molecular flexibility index (Phi) is 5.65. The number of hydrogen-bond donors (Lipinski definition) is 3. The highest BCUT2D eigenvalue weighted by Gasteiger charge is 2.35. The number of imidazole rings is 1. The van der Waals surface area contributed by atoms with E-state index in [4.69, 9.17) is 0 Å². The molecule has 1 aromatic rings. The Bertz CT molecular complexity index is 1010. The zero-order valence-electron chi connectivity index (χ0n) is 19.2. The maximum absolute atomic E-state index is 4.51. The first-order valence-corrected chi connectivity index (χ1v) is 11.2. The molecular weight excluding hydrogens is 384 g/mol. The second-order valence-electron chi connectivity index (χ2n) is 9.46. The van der Waals surface area contributed by atoms with Crippen LogP contribution in [0.4, 0.5) is 5.82 Å². The number of rotatable bonds is 6. The number of nitrogens with zero attached hydrogens (tertiary/aromatic N) is 3. The molecule has 0 spiro atoms. The Morgan fingerprint density at radius 2 is 2.13 bits per heavy atom. The lowest BCUT2D eigenvalue weighted by molar-refractivity contribution is 0.575. The van der Waals surface area contributed by atoms with Crippen LogP contribution in [0.3, 0.4) is 0 Å². The van der Waals surface area contributed by atoms with Crippen LogP contribution in [0.5, 0.6) is 0 Å². The molecular formula is C25H34N6. The minimum Gasteiger partial charge on any atom is -0.375 e. The molecule has 0 saturated carbocycles. The summed E-state index contributed by atoms with van der Waals surface area (Å²) in [5.74, 6) is 2.08. The standard InChI is InChI=1S/C25H34N6/c1-7-9-17-16(3)24-18-14-27-30-20(18)10-11-21(24)28-19(17)12-13-31-22(8-2)26-15-23(31)29-25(4,5)6/h8,10-15,18-20,28-30H,2,7,9H2,1,3-6H3/b13-12+. The van der Waals surface area contributed by atoms with Crippen molar-refractivity contribution in [3.63, 3.8) is 0 Å². The van der Waals surface area contributed by atoms with Crippen LogP contribution < -0.4 is 16.1 Å². The molecule has 3 heterocycles. The molecule has 0 amide bonds. The number of aromatic nitrogens is 2. The van der Waals surface area contributed by atoms with Crippen LogP contribution in [0, 0.1) is 5.92 Å². The third kappa shape index (κ3) is 4.11. The van der Waals surface area contributed by atoms with E-state index in [-0.39, 0.29) is 17.6 Å². The van der Waals surface area contributed by atoms with Gasteiger partial charge in [0.15, 0.2) is 0 Å². The van der Waals surface area contributed by atoms with Crippen LogP contribution >= 0.6 is 0 Å². The van der Waals surface area contributed by atoms with Crippen molar-refractivity contribution in [1.29, 1.82) is 0 Å². The molecule has 6 heteroatoms. The van der Waals surface area contributed by atoms with Gasteiger partial charge in [0.05, 0.1) is 18.3 Å². The highest BCUT2D eigenvalue weighted by molar-refractivity contribution is 5.74. The Hall–Kier alpha value is -3.02. The van der Waals surface area contributed by atoms with Gasteiger partial charge in [-0.25, -0.2) is 4.98 Å². The molecule has 4 rings (SSSR count). The van der Waals surface area contributed by atoms with E-state index >= 15 is 0 Å². The van der Waals surface area contributed by atoms with Gasteiger partial charge in [0, 0.05) is 29.6 Å². The highest BCUT2D eigenvalue weighted by atomic mass is 15.3. The molecule has 6 nitrogen and oxygen atoms in total. The Morgan fingerprint density at radius 3 is 2.84 bits per heavy atom. The van der Waals surface area contributed by atoms with Gasteiger partial charge in [0.25, 0.3) is 0 Å². The zero-order valence-corrected chi connectivity index (χ0v) is 19.2. The molecule has 1 aliphatic carbocycles. The topological polar surface area (TPSA) is 66.3 Å². The molecule has 164 valence electrons. The number of hydrazone groups is 1. The molecule has 3 atom stereocenters. The Morgan fingerprint density at radius 1 is 1.32 bits per heavy atom. The molecule has 0 aromatic carbocycles. The van der Waals surface area contributed by atoms with Crippen LogP contribution in [0.15, 0.2) is 58.5 Å². The summed E-state index contributed by atoms with van der Waals surface area (Å²) in [6.07, 6.45) is 16.6. The number of hydrogen-bond acceptors (Lipinski definition) is 5. The maximum Gasteiger partial charge on any atom is 0.137 e. The first-order chi connectivity index (χ1) is 14.8. The first kappa shape index (κ1) is 21.2. The summed E-state index contributed by atoms with van der Waals surface area (Å²) in [5, 5.41) is 11.6. The number of dihydropyridines is 1. The van der Waals surface area contributed by atoms with Crippen molar-refractivity contribution in [3.05, 3.63) is 59.2 Å². The lowest BCUT2D eigenvalue weighted by atomic mass is 9.77. The van der Waals surface area contributed by atoms with E-state index in [2.05, 4.69) is 96.3 Å². The van der Waals surface area contributed by atoms with E-state index in [1.165, 1.54) is 22.4 Å². The summed E-state index contributed by atoms with van der Waals surface area (Å²) in [5.41, 5.74) is 8.56. The SMILES string of the molecule is C=Cc1ncc(NC(C)(C)C)n1/C=C/C1NC2=C(C(C)=C1CCC)C1C=NNC1C=C2. The normalized spacial score (nSPS) is 24.9. The van der Waals surface area contributed by atoms with Gasteiger partial charge in [-0.2, -0.15) is 5.10 Å². The van der Waals surface area contributed by atoms with E-state index in [0.717, 1.165) is 24.5 Å². The number of allylic oxidation sites excluding steroid dienone is 2. The fourth-order valence-electron chi connectivity index (χ4n) is 4.62. The fraction of sp³-hybridized carbons (Fsp3) is 0.440. The molecule has 0 saturated heterocycles. The summed E-state index contributed by atoms with van der Waals surface area (Å²) in [6, 6.07) is 0.395. The Balaban J connectivity index is 1.68. The van der Waals surface area contributed by atoms with Gasteiger partial charge >= 0.3 is 0 Å². The predicted octanol–water partition coefficient (Wildman–Crippen LogP) is 4.69. The summed E-state index contributed by atoms with van der Waals surface area (Å²) in [6.45, 7) is 14.9. The van der Waals surface area contributed by atoms with Crippen LogP contribution in [0.1, 0.15) is 53.3 Å². The summed E-state index contributed by atoms with van der Waals surface area (Å²) < 4.78 is 2.07. The lowest BCUT2D eigenvalue weighted by Gasteiger charge is -2.36.